The summed E-state index contributed by atoms with van der Waals surface area (Å²) in [7, 11) is 4.07. The second kappa shape index (κ2) is 8.00. The highest BCUT2D eigenvalue weighted by atomic mass is 19.1. The Morgan fingerprint density at radius 3 is 2.57 bits per heavy atom. The molecular formula is C22H22FN7. The number of benzene rings is 2. The zero-order valence-electron chi connectivity index (χ0n) is 17.0. The Kier molecular flexibility index (Phi) is 5.24. The van der Waals surface area contributed by atoms with Gasteiger partial charge in [-0.15, -0.1) is 5.10 Å². The molecule has 0 aliphatic carbocycles. The first-order valence-corrected chi connectivity index (χ1v) is 9.48. The van der Waals surface area contributed by atoms with Crippen molar-refractivity contribution in [2.75, 3.05) is 19.8 Å². The first-order chi connectivity index (χ1) is 14.4. The van der Waals surface area contributed by atoms with E-state index in [1.807, 2.05) is 20.2 Å². The molecule has 2 aromatic carbocycles. The molecule has 2 aromatic heterocycles. The van der Waals surface area contributed by atoms with E-state index in [0.717, 1.165) is 17.7 Å². The zero-order chi connectivity index (χ0) is 21.3. The van der Waals surface area contributed by atoms with Gasteiger partial charge in [-0.05, 0) is 60.8 Å². The normalized spacial score (nSPS) is 11.2. The molecule has 0 unspecified atom stereocenters. The number of halogens is 1. The standard InChI is InChI=1S/C22H22FN7/c1-14-19(23)5-4-6-20(14)30-22(26-27-28-30)18-11-17(12-25-21(18)24)16-9-7-15(8-10-16)13-29(2)3/h4-12H,13H2,1-3H3,(H2,24,25). The lowest BCUT2D eigenvalue weighted by Crippen LogP contribution is -2.10. The van der Waals surface area contributed by atoms with E-state index in [0.29, 0.717) is 28.5 Å². The summed E-state index contributed by atoms with van der Waals surface area (Å²) < 4.78 is 15.5. The van der Waals surface area contributed by atoms with Crippen LogP contribution in [0.5, 0.6) is 0 Å². The molecule has 4 rings (SSSR count). The Bertz CT molecular complexity index is 1180. The number of anilines is 1. The van der Waals surface area contributed by atoms with E-state index >= 15 is 0 Å². The van der Waals surface area contributed by atoms with Crippen LogP contribution in [0.4, 0.5) is 10.2 Å². The first-order valence-electron chi connectivity index (χ1n) is 9.48. The fourth-order valence-electron chi connectivity index (χ4n) is 3.32. The molecule has 0 saturated heterocycles. The van der Waals surface area contributed by atoms with E-state index in [-0.39, 0.29) is 5.82 Å². The number of pyridine rings is 1. The predicted octanol–water partition coefficient (Wildman–Crippen LogP) is 3.48. The zero-order valence-corrected chi connectivity index (χ0v) is 17.0. The van der Waals surface area contributed by atoms with Crippen LogP contribution in [0, 0.1) is 12.7 Å². The van der Waals surface area contributed by atoms with E-state index in [9.17, 15) is 4.39 Å². The molecule has 0 bridgehead atoms. The van der Waals surface area contributed by atoms with Crippen LogP contribution in [0.25, 0.3) is 28.2 Å². The van der Waals surface area contributed by atoms with Crippen LogP contribution < -0.4 is 5.73 Å². The largest absolute Gasteiger partial charge is 0.383 e. The minimum absolute atomic E-state index is 0.299. The van der Waals surface area contributed by atoms with Crippen molar-refractivity contribution in [3.8, 4) is 28.2 Å². The average Bonchev–Trinajstić information content (AvgIpc) is 3.20. The molecule has 0 amide bonds. The van der Waals surface area contributed by atoms with Gasteiger partial charge in [-0.1, -0.05) is 30.3 Å². The van der Waals surface area contributed by atoms with Gasteiger partial charge in [-0.3, -0.25) is 0 Å². The minimum Gasteiger partial charge on any atom is -0.383 e. The third kappa shape index (κ3) is 3.77. The molecule has 0 aliphatic heterocycles. The van der Waals surface area contributed by atoms with Gasteiger partial charge >= 0.3 is 0 Å². The molecule has 0 spiro atoms. The summed E-state index contributed by atoms with van der Waals surface area (Å²) in [4.78, 5) is 6.46. The van der Waals surface area contributed by atoms with Gasteiger partial charge in [-0.2, -0.15) is 4.68 Å². The quantitative estimate of drug-likeness (QED) is 0.549. The SMILES string of the molecule is Cc1c(F)cccc1-n1nnnc1-c1cc(-c2ccc(CN(C)C)cc2)cnc1N. The van der Waals surface area contributed by atoms with Crippen molar-refractivity contribution in [1.29, 1.82) is 0 Å². The maximum Gasteiger partial charge on any atom is 0.190 e. The molecule has 0 atom stereocenters. The third-order valence-corrected chi connectivity index (χ3v) is 4.88. The van der Waals surface area contributed by atoms with Crippen LogP contribution in [-0.2, 0) is 6.54 Å². The van der Waals surface area contributed by atoms with Crippen molar-refractivity contribution in [3.63, 3.8) is 0 Å². The second-order valence-electron chi connectivity index (χ2n) is 7.39. The van der Waals surface area contributed by atoms with Gasteiger partial charge < -0.3 is 10.6 Å². The van der Waals surface area contributed by atoms with Crippen LogP contribution >= 0.6 is 0 Å². The number of nitrogens with two attached hydrogens (primary N) is 1. The Labute approximate surface area is 174 Å². The molecule has 2 N–H and O–H groups in total. The predicted molar refractivity (Wildman–Crippen MR) is 114 cm³/mol. The van der Waals surface area contributed by atoms with Gasteiger partial charge in [0.1, 0.15) is 11.6 Å². The van der Waals surface area contributed by atoms with Crippen LogP contribution in [0.2, 0.25) is 0 Å². The molecule has 0 fully saturated rings. The Morgan fingerprint density at radius 2 is 1.83 bits per heavy atom. The number of nitrogens with zero attached hydrogens (tertiary/aromatic N) is 6. The van der Waals surface area contributed by atoms with Crippen molar-refractivity contribution in [3.05, 3.63) is 71.7 Å². The highest BCUT2D eigenvalue weighted by Gasteiger charge is 2.18. The van der Waals surface area contributed by atoms with Gasteiger partial charge in [0.05, 0.1) is 11.3 Å². The molecule has 0 radical (unpaired) electrons. The van der Waals surface area contributed by atoms with Crippen LogP contribution in [0.3, 0.4) is 0 Å². The third-order valence-electron chi connectivity index (χ3n) is 4.88. The molecule has 8 heteroatoms. The lowest BCUT2D eigenvalue weighted by atomic mass is 10.0. The van der Waals surface area contributed by atoms with Crippen molar-refractivity contribution in [1.82, 2.24) is 30.1 Å². The fourth-order valence-corrected chi connectivity index (χ4v) is 3.32. The van der Waals surface area contributed by atoms with Crippen molar-refractivity contribution >= 4 is 5.82 Å². The molecular weight excluding hydrogens is 381 g/mol. The van der Waals surface area contributed by atoms with E-state index in [1.165, 1.54) is 16.3 Å². The first kappa shape index (κ1) is 19.7. The maximum absolute atomic E-state index is 14.1. The van der Waals surface area contributed by atoms with E-state index in [4.69, 9.17) is 5.73 Å². The van der Waals surface area contributed by atoms with Crippen LogP contribution in [-0.4, -0.2) is 44.2 Å². The van der Waals surface area contributed by atoms with Gasteiger partial charge in [-0.25, -0.2) is 9.37 Å². The van der Waals surface area contributed by atoms with Crippen LogP contribution in [0.15, 0.2) is 54.7 Å². The number of rotatable bonds is 5. The molecule has 30 heavy (non-hydrogen) atoms. The lowest BCUT2D eigenvalue weighted by molar-refractivity contribution is 0.402. The van der Waals surface area contributed by atoms with Crippen molar-refractivity contribution in [2.24, 2.45) is 0 Å². The number of aromatic nitrogens is 5. The summed E-state index contributed by atoms with van der Waals surface area (Å²) in [6.07, 6.45) is 1.72. The second-order valence-corrected chi connectivity index (χ2v) is 7.39. The number of nitrogen functional groups attached to an aromatic ring is 1. The van der Waals surface area contributed by atoms with Crippen molar-refractivity contribution in [2.45, 2.75) is 13.5 Å². The molecule has 2 heterocycles. The van der Waals surface area contributed by atoms with Crippen molar-refractivity contribution < 1.29 is 4.39 Å². The Morgan fingerprint density at radius 1 is 1.07 bits per heavy atom. The molecule has 0 saturated carbocycles. The molecule has 0 aliphatic rings. The van der Waals surface area contributed by atoms with Gasteiger partial charge in [0.2, 0.25) is 0 Å². The average molecular weight is 403 g/mol. The number of tetrazole rings is 1. The maximum atomic E-state index is 14.1. The Balaban J connectivity index is 1.76. The smallest absolute Gasteiger partial charge is 0.190 e. The summed E-state index contributed by atoms with van der Waals surface area (Å²) in [5.41, 5.74) is 10.9. The highest BCUT2D eigenvalue weighted by Crippen LogP contribution is 2.30. The topological polar surface area (TPSA) is 85.8 Å². The van der Waals surface area contributed by atoms with Crippen LogP contribution in [0.1, 0.15) is 11.1 Å². The number of hydrogen-bond acceptors (Lipinski definition) is 6. The van der Waals surface area contributed by atoms with E-state index in [1.54, 1.807) is 25.3 Å². The summed E-state index contributed by atoms with van der Waals surface area (Å²) in [6, 6.07) is 15.0. The summed E-state index contributed by atoms with van der Waals surface area (Å²) in [6.45, 7) is 2.55. The van der Waals surface area contributed by atoms with Gasteiger partial charge in [0.25, 0.3) is 0 Å². The lowest BCUT2D eigenvalue weighted by Gasteiger charge is -2.12. The highest BCUT2D eigenvalue weighted by molar-refractivity contribution is 5.76. The van der Waals surface area contributed by atoms with E-state index in [2.05, 4.69) is 49.7 Å². The van der Waals surface area contributed by atoms with Gasteiger partial charge in [0, 0.05) is 23.9 Å². The Hall–Kier alpha value is -3.65. The molecule has 7 nitrogen and oxygen atoms in total. The van der Waals surface area contributed by atoms with E-state index < -0.39 is 0 Å². The molecule has 152 valence electrons. The summed E-state index contributed by atoms with van der Waals surface area (Å²) in [5, 5.41) is 12.0. The van der Waals surface area contributed by atoms with Gasteiger partial charge in [0.15, 0.2) is 5.82 Å². The summed E-state index contributed by atoms with van der Waals surface area (Å²) >= 11 is 0. The fraction of sp³-hybridized carbons (Fsp3) is 0.182. The monoisotopic (exact) mass is 403 g/mol. The molecule has 4 aromatic rings. The summed E-state index contributed by atoms with van der Waals surface area (Å²) in [5.74, 6) is 0.375. The minimum atomic E-state index is -0.327. The number of hydrogen-bond donors (Lipinski definition) is 1.